The fraction of sp³-hybridized carbons (Fsp3) is 0.333. The van der Waals surface area contributed by atoms with Crippen LogP contribution in [-0.2, 0) is 6.54 Å². The third kappa shape index (κ3) is 3.81. The Morgan fingerprint density at radius 1 is 1.33 bits per heavy atom. The van der Waals surface area contributed by atoms with E-state index in [0.29, 0.717) is 17.8 Å². The zero-order valence-corrected chi connectivity index (χ0v) is 15.4. The van der Waals surface area contributed by atoms with E-state index in [1.54, 1.807) is 10.9 Å². The van der Waals surface area contributed by atoms with Crippen molar-refractivity contribution < 1.29 is 4.79 Å². The normalized spacial score (nSPS) is 11.1. The van der Waals surface area contributed by atoms with Crippen molar-refractivity contribution in [2.24, 2.45) is 0 Å². The quantitative estimate of drug-likeness (QED) is 0.702. The van der Waals surface area contributed by atoms with Crippen molar-refractivity contribution in [3.05, 3.63) is 50.2 Å². The van der Waals surface area contributed by atoms with Crippen LogP contribution >= 0.6 is 31.9 Å². The standard InChI is InChI=1S/C15H17Br2N3O/c1-10-4-5-11(16)8-12(10)15(21)14-13(17)9-18-20(14)7-6-19(2)3/h4-5,8-9H,6-7H2,1-3H3. The molecule has 4 nitrogen and oxygen atoms in total. The summed E-state index contributed by atoms with van der Waals surface area (Å²) in [6.45, 7) is 3.44. The number of likely N-dealkylation sites (N-methyl/N-ethyl adjacent to an activating group) is 1. The first kappa shape index (κ1) is 16.4. The van der Waals surface area contributed by atoms with Crippen LogP contribution in [0.15, 0.2) is 33.3 Å². The molecule has 0 aliphatic heterocycles. The second kappa shape index (κ2) is 6.85. The highest BCUT2D eigenvalue weighted by molar-refractivity contribution is 9.10. The highest BCUT2D eigenvalue weighted by Gasteiger charge is 2.20. The number of hydrogen-bond acceptors (Lipinski definition) is 3. The number of ketones is 1. The molecule has 0 saturated carbocycles. The largest absolute Gasteiger partial charge is 0.308 e. The molecule has 0 unspecified atom stereocenters. The van der Waals surface area contributed by atoms with Gasteiger partial charge in [0, 0.05) is 16.6 Å². The highest BCUT2D eigenvalue weighted by atomic mass is 79.9. The first-order chi connectivity index (χ1) is 9.90. The smallest absolute Gasteiger partial charge is 0.212 e. The summed E-state index contributed by atoms with van der Waals surface area (Å²) in [6.07, 6.45) is 1.68. The number of benzene rings is 1. The molecule has 0 atom stereocenters. The zero-order valence-electron chi connectivity index (χ0n) is 12.2. The summed E-state index contributed by atoms with van der Waals surface area (Å²) in [5, 5.41) is 4.30. The van der Waals surface area contributed by atoms with Crippen LogP contribution in [0.3, 0.4) is 0 Å². The van der Waals surface area contributed by atoms with E-state index in [-0.39, 0.29) is 5.78 Å². The molecule has 112 valence electrons. The van der Waals surface area contributed by atoms with Crippen LogP contribution < -0.4 is 0 Å². The molecule has 0 spiro atoms. The summed E-state index contributed by atoms with van der Waals surface area (Å²) >= 11 is 6.86. The average Bonchev–Trinajstić information content (AvgIpc) is 2.79. The molecule has 0 radical (unpaired) electrons. The van der Waals surface area contributed by atoms with Crippen LogP contribution in [0.4, 0.5) is 0 Å². The molecule has 0 aliphatic rings. The number of carbonyl (C=O) groups is 1. The second-order valence-electron chi connectivity index (χ2n) is 5.16. The summed E-state index contributed by atoms with van der Waals surface area (Å²) in [5.74, 6) is -0.0167. The third-order valence-electron chi connectivity index (χ3n) is 3.21. The topological polar surface area (TPSA) is 38.1 Å². The van der Waals surface area contributed by atoms with E-state index in [4.69, 9.17) is 0 Å². The molecular formula is C15H17Br2N3O. The van der Waals surface area contributed by atoms with Gasteiger partial charge in [-0.25, -0.2) is 0 Å². The van der Waals surface area contributed by atoms with Crippen LogP contribution in [0.2, 0.25) is 0 Å². The minimum Gasteiger partial charge on any atom is -0.308 e. The maximum absolute atomic E-state index is 12.8. The lowest BCUT2D eigenvalue weighted by molar-refractivity contribution is 0.102. The SMILES string of the molecule is Cc1ccc(Br)cc1C(=O)c1c(Br)cnn1CCN(C)C. The summed E-state index contributed by atoms with van der Waals surface area (Å²) in [6, 6.07) is 5.73. The predicted octanol–water partition coefficient (Wildman–Crippen LogP) is 3.51. The number of halogens is 2. The average molecular weight is 415 g/mol. The molecule has 0 bridgehead atoms. The second-order valence-corrected chi connectivity index (χ2v) is 6.93. The molecule has 0 amide bonds. The van der Waals surface area contributed by atoms with E-state index >= 15 is 0 Å². The Labute approximate surface area is 141 Å². The Morgan fingerprint density at radius 3 is 2.71 bits per heavy atom. The molecule has 1 aromatic heterocycles. The van der Waals surface area contributed by atoms with Gasteiger partial charge in [0.25, 0.3) is 0 Å². The lowest BCUT2D eigenvalue weighted by Crippen LogP contribution is -2.22. The number of nitrogens with zero attached hydrogens (tertiary/aromatic N) is 3. The highest BCUT2D eigenvalue weighted by Crippen LogP contribution is 2.24. The van der Waals surface area contributed by atoms with E-state index in [2.05, 4.69) is 41.9 Å². The first-order valence-corrected chi connectivity index (χ1v) is 8.15. The van der Waals surface area contributed by atoms with Gasteiger partial charge in [0.05, 0.1) is 17.2 Å². The predicted molar refractivity (Wildman–Crippen MR) is 90.8 cm³/mol. The van der Waals surface area contributed by atoms with Gasteiger partial charge in [0.15, 0.2) is 0 Å². The maximum Gasteiger partial charge on any atom is 0.212 e. The van der Waals surface area contributed by atoms with Crippen molar-refractivity contribution in [3.8, 4) is 0 Å². The Kier molecular flexibility index (Phi) is 5.35. The van der Waals surface area contributed by atoms with E-state index < -0.39 is 0 Å². The Balaban J connectivity index is 2.39. The monoisotopic (exact) mass is 413 g/mol. The van der Waals surface area contributed by atoms with E-state index in [1.807, 2.05) is 39.2 Å². The number of aromatic nitrogens is 2. The van der Waals surface area contributed by atoms with Gasteiger partial charge in [0.2, 0.25) is 5.78 Å². The lowest BCUT2D eigenvalue weighted by Gasteiger charge is -2.12. The minimum absolute atomic E-state index is 0.0167. The van der Waals surface area contributed by atoms with Gasteiger partial charge in [-0.15, -0.1) is 0 Å². The van der Waals surface area contributed by atoms with Crippen LogP contribution in [-0.4, -0.2) is 41.1 Å². The van der Waals surface area contributed by atoms with Crippen molar-refractivity contribution in [2.75, 3.05) is 20.6 Å². The Morgan fingerprint density at radius 2 is 2.05 bits per heavy atom. The fourth-order valence-electron chi connectivity index (χ4n) is 2.02. The lowest BCUT2D eigenvalue weighted by atomic mass is 10.0. The van der Waals surface area contributed by atoms with Gasteiger partial charge in [-0.3, -0.25) is 9.48 Å². The molecule has 0 fully saturated rings. The molecular weight excluding hydrogens is 398 g/mol. The van der Waals surface area contributed by atoms with Crippen LogP contribution in [0.25, 0.3) is 0 Å². The van der Waals surface area contributed by atoms with Gasteiger partial charge in [-0.1, -0.05) is 22.0 Å². The summed E-state index contributed by atoms with van der Waals surface area (Å²) in [5.41, 5.74) is 2.24. The van der Waals surface area contributed by atoms with Crippen molar-refractivity contribution >= 4 is 37.6 Å². The fourth-order valence-corrected chi connectivity index (χ4v) is 2.86. The van der Waals surface area contributed by atoms with Gasteiger partial charge in [-0.2, -0.15) is 5.10 Å². The molecule has 1 heterocycles. The molecule has 1 aromatic carbocycles. The molecule has 0 saturated heterocycles. The van der Waals surface area contributed by atoms with E-state index in [1.165, 1.54) is 0 Å². The summed E-state index contributed by atoms with van der Waals surface area (Å²) < 4.78 is 3.38. The molecule has 2 aromatic rings. The first-order valence-electron chi connectivity index (χ1n) is 6.57. The maximum atomic E-state index is 12.8. The van der Waals surface area contributed by atoms with Gasteiger partial charge in [-0.05, 0) is 54.6 Å². The van der Waals surface area contributed by atoms with Gasteiger partial charge in [0.1, 0.15) is 5.69 Å². The van der Waals surface area contributed by atoms with Gasteiger partial charge >= 0.3 is 0 Å². The van der Waals surface area contributed by atoms with Crippen LogP contribution in [0.5, 0.6) is 0 Å². The molecule has 0 N–H and O–H groups in total. The molecule has 6 heteroatoms. The van der Waals surface area contributed by atoms with Crippen LogP contribution in [0.1, 0.15) is 21.6 Å². The summed E-state index contributed by atoms with van der Waals surface area (Å²) in [7, 11) is 4.00. The molecule has 0 aliphatic carbocycles. The number of carbonyl (C=O) groups excluding carboxylic acids is 1. The third-order valence-corrected chi connectivity index (χ3v) is 4.29. The number of rotatable bonds is 5. The number of hydrogen-bond donors (Lipinski definition) is 0. The molecule has 21 heavy (non-hydrogen) atoms. The van der Waals surface area contributed by atoms with E-state index in [9.17, 15) is 4.79 Å². The van der Waals surface area contributed by atoms with E-state index in [0.717, 1.165) is 21.1 Å². The zero-order chi connectivity index (χ0) is 15.6. The summed E-state index contributed by atoms with van der Waals surface area (Å²) in [4.78, 5) is 14.9. The minimum atomic E-state index is -0.0167. The van der Waals surface area contributed by atoms with Crippen molar-refractivity contribution in [3.63, 3.8) is 0 Å². The molecule has 2 rings (SSSR count). The van der Waals surface area contributed by atoms with Crippen LogP contribution in [0, 0.1) is 6.92 Å². The number of aryl methyl sites for hydroxylation is 1. The van der Waals surface area contributed by atoms with Crippen molar-refractivity contribution in [2.45, 2.75) is 13.5 Å². The Hall–Kier alpha value is -0.980. The Bertz CT molecular complexity index is 665. The van der Waals surface area contributed by atoms with Gasteiger partial charge < -0.3 is 4.90 Å². The van der Waals surface area contributed by atoms with Crippen molar-refractivity contribution in [1.29, 1.82) is 0 Å². The van der Waals surface area contributed by atoms with Crippen molar-refractivity contribution in [1.82, 2.24) is 14.7 Å².